The summed E-state index contributed by atoms with van der Waals surface area (Å²) in [7, 11) is -0.968. The Morgan fingerprint density at radius 3 is 2.29 bits per heavy atom. The van der Waals surface area contributed by atoms with Gasteiger partial charge in [-0.05, 0) is 0 Å². The summed E-state index contributed by atoms with van der Waals surface area (Å²) in [5, 5.41) is 0. The maximum absolute atomic E-state index is 10.2. The van der Waals surface area contributed by atoms with Crippen LogP contribution in [0.25, 0.3) is 0 Å². The van der Waals surface area contributed by atoms with Gasteiger partial charge in [0.1, 0.15) is 6.29 Å². The van der Waals surface area contributed by atoms with E-state index in [1.165, 1.54) is 0 Å². The van der Waals surface area contributed by atoms with Gasteiger partial charge in [-0.15, -0.1) is 0 Å². The van der Waals surface area contributed by atoms with Crippen molar-refractivity contribution in [2.45, 2.75) is 4.08 Å². The number of rotatable bonds is 1. The summed E-state index contributed by atoms with van der Waals surface area (Å²) in [4.78, 5) is 9.83. The molecule has 1 aliphatic rings. The van der Waals surface area contributed by atoms with E-state index in [1.807, 2.05) is 0 Å². The Balaban J connectivity index is 2.69. The fourth-order valence-electron chi connectivity index (χ4n) is 0.246. The zero-order valence-corrected chi connectivity index (χ0v) is 5.17. The van der Waals surface area contributed by atoms with Crippen molar-refractivity contribution >= 4 is 29.7 Å². The van der Waals surface area contributed by atoms with E-state index in [-0.39, 0.29) is 0 Å². The van der Waals surface area contributed by atoms with Crippen LogP contribution < -0.4 is 0 Å². The molecule has 0 bridgehead atoms. The monoisotopic (exact) mass is 136 g/mol. The molecule has 1 fully saturated rings. The molecule has 40 valence electrons. The summed E-state index contributed by atoms with van der Waals surface area (Å²) in [5.74, 6) is 0.430. The van der Waals surface area contributed by atoms with Gasteiger partial charge in [0.25, 0.3) is 0 Å². The van der Waals surface area contributed by atoms with Gasteiger partial charge in [-0.1, -0.05) is 0 Å². The summed E-state index contributed by atoms with van der Waals surface area (Å²) >= 11 is 3.79. The largest absolute Gasteiger partial charge is 0.301 e. The second-order valence-corrected chi connectivity index (χ2v) is 4.26. The lowest BCUT2D eigenvalue weighted by Crippen LogP contribution is -2.00. The van der Waals surface area contributed by atoms with E-state index in [0.29, 0.717) is 12.0 Å². The van der Waals surface area contributed by atoms with E-state index in [1.54, 1.807) is 0 Å². The molecular formula is C3H4O2S2. The molecule has 1 rings (SSSR count). The minimum absolute atomic E-state index is 0.430. The average molecular weight is 136 g/mol. The molecule has 0 spiro atoms. The Bertz CT molecular complexity index is 133. The molecule has 0 aromatic heterocycles. The predicted octanol–water partition coefficient (Wildman–Crippen LogP) is -0.426. The standard InChI is InChI=1S/C3H4O2S2/c4-1-3(6)2-7(3)5/h1,6H,2H2. The first-order chi connectivity index (χ1) is 3.19. The summed E-state index contributed by atoms with van der Waals surface area (Å²) in [6.07, 6.45) is 0.631. The first-order valence-corrected chi connectivity index (χ1v) is 3.53. The molecular weight excluding hydrogens is 132 g/mol. The molecule has 0 N–H and O–H groups in total. The van der Waals surface area contributed by atoms with Crippen LogP contribution in [-0.2, 0) is 15.6 Å². The van der Waals surface area contributed by atoms with Gasteiger partial charge in [0.05, 0.1) is 5.75 Å². The Hall–Kier alpha value is 0.170. The Labute approximate surface area is 49.2 Å². The summed E-state index contributed by atoms with van der Waals surface area (Å²) in [6, 6.07) is 0. The van der Waals surface area contributed by atoms with Gasteiger partial charge in [-0.2, -0.15) is 12.6 Å². The fraction of sp³-hybridized carbons (Fsp3) is 0.667. The molecule has 0 aromatic rings. The predicted molar refractivity (Wildman–Crippen MR) is 30.8 cm³/mol. The molecule has 7 heavy (non-hydrogen) atoms. The van der Waals surface area contributed by atoms with Gasteiger partial charge in [0.15, 0.2) is 4.08 Å². The lowest BCUT2D eigenvalue weighted by atomic mass is 10.5. The van der Waals surface area contributed by atoms with Gasteiger partial charge < -0.3 is 4.79 Å². The SMILES string of the molecule is O=CC1(S)CS1=O. The second kappa shape index (κ2) is 1.32. The van der Waals surface area contributed by atoms with E-state index in [9.17, 15) is 9.00 Å². The van der Waals surface area contributed by atoms with Crippen LogP contribution in [-0.4, -0.2) is 20.3 Å². The van der Waals surface area contributed by atoms with Crippen molar-refractivity contribution in [1.82, 2.24) is 0 Å². The van der Waals surface area contributed by atoms with Crippen molar-refractivity contribution in [3.8, 4) is 0 Å². The Morgan fingerprint density at radius 1 is 1.86 bits per heavy atom. The van der Waals surface area contributed by atoms with Crippen LogP contribution in [0, 0.1) is 0 Å². The first-order valence-electron chi connectivity index (χ1n) is 1.76. The minimum atomic E-state index is -0.968. The van der Waals surface area contributed by atoms with Crippen molar-refractivity contribution in [2.24, 2.45) is 0 Å². The van der Waals surface area contributed by atoms with Crippen molar-refractivity contribution in [1.29, 1.82) is 0 Å². The zero-order chi connectivity index (χ0) is 5.49. The lowest BCUT2D eigenvalue weighted by molar-refractivity contribution is -0.107. The van der Waals surface area contributed by atoms with Gasteiger partial charge in [0, 0.05) is 10.8 Å². The summed E-state index contributed by atoms with van der Waals surface area (Å²) < 4.78 is 9.48. The normalized spacial score (nSPS) is 48.4. The fourth-order valence-corrected chi connectivity index (χ4v) is 1.23. The molecule has 1 saturated heterocycles. The molecule has 1 aliphatic heterocycles. The molecule has 4 heteroatoms. The zero-order valence-electron chi connectivity index (χ0n) is 3.46. The third-order valence-electron chi connectivity index (χ3n) is 0.827. The molecule has 0 aromatic carbocycles. The van der Waals surface area contributed by atoms with Crippen molar-refractivity contribution in [3.63, 3.8) is 0 Å². The maximum atomic E-state index is 10.2. The van der Waals surface area contributed by atoms with Crippen LogP contribution in [0.2, 0.25) is 0 Å². The third kappa shape index (κ3) is 0.724. The highest BCUT2D eigenvalue weighted by Gasteiger charge is 2.49. The van der Waals surface area contributed by atoms with Crippen LogP contribution in [0.1, 0.15) is 0 Å². The number of carbonyl (C=O) groups excluding carboxylic acids is 1. The van der Waals surface area contributed by atoms with Crippen LogP contribution >= 0.6 is 12.6 Å². The number of hydrogen-bond donors (Lipinski definition) is 1. The first kappa shape index (κ1) is 5.31. The lowest BCUT2D eigenvalue weighted by Gasteiger charge is -1.81. The molecule has 2 atom stereocenters. The molecule has 0 amide bonds. The highest BCUT2D eigenvalue weighted by molar-refractivity contribution is 8.11. The van der Waals surface area contributed by atoms with Crippen LogP contribution in [0.15, 0.2) is 0 Å². The van der Waals surface area contributed by atoms with Crippen molar-refractivity contribution in [3.05, 3.63) is 0 Å². The average Bonchev–Trinajstić information content (AvgIpc) is 2.18. The quantitative estimate of drug-likeness (QED) is 0.301. The highest BCUT2D eigenvalue weighted by atomic mass is 32.2. The number of hydrogen-bond acceptors (Lipinski definition) is 3. The minimum Gasteiger partial charge on any atom is -0.301 e. The number of carbonyl (C=O) groups is 1. The topological polar surface area (TPSA) is 34.1 Å². The van der Waals surface area contributed by atoms with E-state index in [0.717, 1.165) is 0 Å². The third-order valence-corrected chi connectivity index (χ3v) is 3.31. The highest BCUT2D eigenvalue weighted by Crippen LogP contribution is 2.33. The Morgan fingerprint density at radius 2 is 2.29 bits per heavy atom. The van der Waals surface area contributed by atoms with E-state index in [4.69, 9.17) is 0 Å². The van der Waals surface area contributed by atoms with Crippen molar-refractivity contribution in [2.75, 3.05) is 5.75 Å². The van der Waals surface area contributed by atoms with Gasteiger partial charge in [0.2, 0.25) is 0 Å². The van der Waals surface area contributed by atoms with Crippen LogP contribution in [0.4, 0.5) is 0 Å². The molecule has 0 radical (unpaired) electrons. The van der Waals surface area contributed by atoms with Gasteiger partial charge >= 0.3 is 0 Å². The number of thiol groups is 1. The maximum Gasteiger partial charge on any atom is 0.155 e. The van der Waals surface area contributed by atoms with Gasteiger partial charge in [-0.25, -0.2) is 0 Å². The van der Waals surface area contributed by atoms with Gasteiger partial charge in [-0.3, -0.25) is 4.21 Å². The van der Waals surface area contributed by atoms with Crippen LogP contribution in [0.5, 0.6) is 0 Å². The van der Waals surface area contributed by atoms with Crippen molar-refractivity contribution < 1.29 is 9.00 Å². The number of aldehydes is 1. The summed E-state index contributed by atoms with van der Waals surface area (Å²) in [5.41, 5.74) is 0. The van der Waals surface area contributed by atoms with Crippen LogP contribution in [0.3, 0.4) is 0 Å². The molecule has 0 aliphatic carbocycles. The molecule has 0 saturated carbocycles. The van der Waals surface area contributed by atoms with E-state index >= 15 is 0 Å². The second-order valence-electron chi connectivity index (χ2n) is 1.45. The van der Waals surface area contributed by atoms with E-state index < -0.39 is 14.9 Å². The molecule has 2 nitrogen and oxygen atoms in total. The smallest absolute Gasteiger partial charge is 0.155 e. The summed E-state index contributed by atoms with van der Waals surface area (Å²) in [6.45, 7) is 0. The Kier molecular flexibility index (Phi) is 1.00. The molecule has 2 unspecified atom stereocenters. The molecule has 1 heterocycles. The van der Waals surface area contributed by atoms with E-state index in [2.05, 4.69) is 12.6 Å².